The molecule has 0 aliphatic carbocycles. The van der Waals surface area contributed by atoms with Crippen LogP contribution in [0.15, 0.2) is 42.7 Å². The second-order valence-electron chi connectivity index (χ2n) is 3.52. The monoisotopic (exact) mass is 263 g/mol. The number of amides is 2. The minimum absolute atomic E-state index is 0.0147. The van der Waals surface area contributed by atoms with E-state index in [1.807, 2.05) is 0 Å². The number of halogens is 1. The number of phenolic OH excluding ortho intramolecular Hbond substituents is 1. The average Bonchev–Trinajstić information content (AvgIpc) is 2.28. The highest BCUT2D eigenvalue weighted by Gasteiger charge is 2.04. The summed E-state index contributed by atoms with van der Waals surface area (Å²) in [5.74, 6) is -0.0147. The Kier molecular flexibility index (Phi) is 3.64. The molecule has 0 saturated carbocycles. The molecule has 2 aromatic rings. The van der Waals surface area contributed by atoms with Crippen molar-refractivity contribution in [1.82, 2.24) is 4.98 Å². The number of hydrogen-bond donors (Lipinski definition) is 3. The number of benzene rings is 1. The first kappa shape index (κ1) is 12.2. The third kappa shape index (κ3) is 3.36. The molecule has 0 spiro atoms. The number of aromatic hydroxyl groups is 1. The Labute approximate surface area is 108 Å². The molecule has 1 heterocycles. The molecule has 0 atom stereocenters. The largest absolute Gasteiger partial charge is 0.508 e. The van der Waals surface area contributed by atoms with E-state index in [0.717, 1.165) is 0 Å². The Hall–Kier alpha value is -2.27. The fourth-order valence-electron chi connectivity index (χ4n) is 1.38. The van der Waals surface area contributed by atoms with Crippen LogP contribution in [-0.4, -0.2) is 16.1 Å². The SMILES string of the molecule is O=C(Nc1cccnc1)Nc1cc(O)cc(Cl)c1. The maximum Gasteiger partial charge on any atom is 0.323 e. The van der Waals surface area contributed by atoms with Gasteiger partial charge in [-0.1, -0.05) is 11.6 Å². The number of nitrogens with one attached hydrogen (secondary N) is 2. The summed E-state index contributed by atoms with van der Waals surface area (Å²) in [5.41, 5.74) is 0.975. The van der Waals surface area contributed by atoms with Crippen LogP contribution < -0.4 is 10.6 Å². The van der Waals surface area contributed by atoms with Crippen molar-refractivity contribution in [3.8, 4) is 5.75 Å². The summed E-state index contributed by atoms with van der Waals surface area (Å²) in [6, 6.07) is 7.29. The number of nitrogens with zero attached hydrogens (tertiary/aromatic N) is 1. The lowest BCUT2D eigenvalue weighted by Gasteiger charge is -2.07. The predicted molar refractivity (Wildman–Crippen MR) is 70.0 cm³/mol. The summed E-state index contributed by atoms with van der Waals surface area (Å²) in [5, 5.41) is 14.8. The number of carbonyl (C=O) groups excluding carboxylic acids is 1. The normalized spacial score (nSPS) is 9.83. The predicted octanol–water partition coefficient (Wildman–Crippen LogP) is 3.08. The van der Waals surface area contributed by atoms with Gasteiger partial charge in [-0.15, -0.1) is 0 Å². The van der Waals surface area contributed by atoms with E-state index in [9.17, 15) is 9.90 Å². The fraction of sp³-hybridized carbons (Fsp3) is 0. The zero-order chi connectivity index (χ0) is 13.0. The Morgan fingerprint density at radius 2 is 2.00 bits per heavy atom. The minimum atomic E-state index is -0.440. The smallest absolute Gasteiger partial charge is 0.323 e. The van der Waals surface area contributed by atoms with Crippen LogP contribution in [0.1, 0.15) is 0 Å². The zero-order valence-corrected chi connectivity index (χ0v) is 9.98. The lowest BCUT2D eigenvalue weighted by molar-refractivity contribution is 0.262. The van der Waals surface area contributed by atoms with E-state index in [2.05, 4.69) is 15.6 Å². The number of aromatic nitrogens is 1. The lowest BCUT2D eigenvalue weighted by Crippen LogP contribution is -2.19. The van der Waals surface area contributed by atoms with Crippen LogP contribution in [0.5, 0.6) is 5.75 Å². The third-order valence-corrected chi connectivity index (χ3v) is 2.28. The van der Waals surface area contributed by atoms with Crippen LogP contribution in [0.3, 0.4) is 0 Å². The molecule has 0 bridgehead atoms. The maximum atomic E-state index is 11.6. The Balaban J connectivity index is 2.03. The average molecular weight is 264 g/mol. The molecular formula is C12H10ClN3O2. The molecule has 0 aliphatic heterocycles. The number of urea groups is 1. The molecule has 1 aromatic carbocycles. The number of pyridine rings is 1. The van der Waals surface area contributed by atoms with Crippen LogP contribution >= 0.6 is 11.6 Å². The molecule has 6 heteroatoms. The van der Waals surface area contributed by atoms with Gasteiger partial charge in [0.2, 0.25) is 0 Å². The van der Waals surface area contributed by atoms with Gasteiger partial charge in [0.1, 0.15) is 5.75 Å². The molecule has 3 N–H and O–H groups in total. The van der Waals surface area contributed by atoms with Gasteiger partial charge in [0.05, 0.1) is 11.9 Å². The molecule has 0 unspecified atom stereocenters. The maximum absolute atomic E-state index is 11.6. The topological polar surface area (TPSA) is 74.2 Å². The Bertz CT molecular complexity index is 540. The van der Waals surface area contributed by atoms with Gasteiger partial charge < -0.3 is 15.7 Å². The van der Waals surface area contributed by atoms with Gasteiger partial charge >= 0.3 is 6.03 Å². The van der Waals surface area contributed by atoms with E-state index in [1.54, 1.807) is 18.3 Å². The van der Waals surface area contributed by atoms with Gasteiger partial charge in [-0.3, -0.25) is 4.98 Å². The van der Waals surface area contributed by atoms with Gasteiger partial charge in [0.25, 0.3) is 0 Å². The summed E-state index contributed by atoms with van der Waals surface area (Å²) in [6.07, 6.45) is 3.13. The first-order chi connectivity index (χ1) is 8.63. The molecular weight excluding hydrogens is 254 g/mol. The van der Waals surface area contributed by atoms with Gasteiger partial charge in [0, 0.05) is 23.0 Å². The number of hydrogen-bond acceptors (Lipinski definition) is 3. The molecule has 2 rings (SSSR count). The van der Waals surface area contributed by atoms with Crippen molar-refractivity contribution in [2.24, 2.45) is 0 Å². The minimum Gasteiger partial charge on any atom is -0.508 e. The Morgan fingerprint density at radius 3 is 2.67 bits per heavy atom. The Morgan fingerprint density at radius 1 is 1.22 bits per heavy atom. The third-order valence-electron chi connectivity index (χ3n) is 2.06. The number of carbonyl (C=O) groups is 1. The summed E-state index contributed by atoms with van der Waals surface area (Å²) in [4.78, 5) is 15.5. The number of rotatable bonds is 2. The van der Waals surface area contributed by atoms with Crippen molar-refractivity contribution < 1.29 is 9.90 Å². The highest BCUT2D eigenvalue weighted by atomic mass is 35.5. The standard InChI is InChI=1S/C12H10ClN3O2/c13-8-4-10(6-11(17)5-8)16-12(18)15-9-2-1-3-14-7-9/h1-7,17H,(H2,15,16,18). The van der Waals surface area contributed by atoms with E-state index in [-0.39, 0.29) is 5.75 Å². The van der Waals surface area contributed by atoms with Crippen molar-refractivity contribution in [2.75, 3.05) is 10.6 Å². The van der Waals surface area contributed by atoms with Crippen LogP contribution in [0.25, 0.3) is 0 Å². The van der Waals surface area contributed by atoms with Crippen LogP contribution in [0, 0.1) is 0 Å². The van der Waals surface area contributed by atoms with E-state index in [0.29, 0.717) is 16.4 Å². The first-order valence-corrected chi connectivity index (χ1v) is 5.49. The highest BCUT2D eigenvalue weighted by molar-refractivity contribution is 6.31. The molecule has 0 aliphatic rings. The van der Waals surface area contributed by atoms with Crippen molar-refractivity contribution >= 4 is 29.0 Å². The van der Waals surface area contributed by atoms with Crippen molar-refractivity contribution in [3.63, 3.8) is 0 Å². The molecule has 92 valence electrons. The van der Waals surface area contributed by atoms with E-state index >= 15 is 0 Å². The summed E-state index contributed by atoms with van der Waals surface area (Å²) in [7, 11) is 0. The van der Waals surface area contributed by atoms with Gasteiger partial charge in [-0.2, -0.15) is 0 Å². The van der Waals surface area contributed by atoms with Crippen LogP contribution in [-0.2, 0) is 0 Å². The molecule has 18 heavy (non-hydrogen) atoms. The van der Waals surface area contributed by atoms with Crippen molar-refractivity contribution in [3.05, 3.63) is 47.7 Å². The van der Waals surface area contributed by atoms with Crippen molar-refractivity contribution in [2.45, 2.75) is 0 Å². The van der Waals surface area contributed by atoms with Gasteiger partial charge in [-0.25, -0.2) is 4.79 Å². The van der Waals surface area contributed by atoms with E-state index < -0.39 is 6.03 Å². The number of phenols is 1. The molecule has 0 radical (unpaired) electrons. The molecule has 0 saturated heterocycles. The zero-order valence-electron chi connectivity index (χ0n) is 9.22. The number of anilines is 2. The molecule has 2 amide bonds. The highest BCUT2D eigenvalue weighted by Crippen LogP contribution is 2.23. The molecule has 5 nitrogen and oxygen atoms in total. The first-order valence-electron chi connectivity index (χ1n) is 5.11. The second-order valence-corrected chi connectivity index (χ2v) is 3.96. The van der Waals surface area contributed by atoms with Gasteiger partial charge in [-0.05, 0) is 24.3 Å². The summed E-state index contributed by atoms with van der Waals surface area (Å²) >= 11 is 5.75. The molecule has 0 fully saturated rings. The molecule has 1 aromatic heterocycles. The fourth-order valence-corrected chi connectivity index (χ4v) is 1.61. The second kappa shape index (κ2) is 5.37. The van der Waals surface area contributed by atoms with Crippen molar-refractivity contribution in [1.29, 1.82) is 0 Å². The van der Waals surface area contributed by atoms with E-state index in [1.165, 1.54) is 24.4 Å². The quantitative estimate of drug-likeness (QED) is 0.779. The van der Waals surface area contributed by atoms with Crippen LogP contribution in [0.2, 0.25) is 5.02 Å². The summed E-state index contributed by atoms with van der Waals surface area (Å²) in [6.45, 7) is 0. The lowest BCUT2D eigenvalue weighted by atomic mass is 10.3. The van der Waals surface area contributed by atoms with Gasteiger partial charge in [0.15, 0.2) is 0 Å². The van der Waals surface area contributed by atoms with Crippen LogP contribution in [0.4, 0.5) is 16.2 Å². The summed E-state index contributed by atoms with van der Waals surface area (Å²) < 4.78 is 0. The van der Waals surface area contributed by atoms with E-state index in [4.69, 9.17) is 11.6 Å².